The number of amides is 1. The molecule has 0 bridgehead atoms. The van der Waals surface area contributed by atoms with Gasteiger partial charge in [0.1, 0.15) is 0 Å². The Morgan fingerprint density at radius 2 is 2.00 bits per heavy atom. The molecule has 0 aromatic carbocycles. The first-order chi connectivity index (χ1) is 8.67. The lowest BCUT2D eigenvalue weighted by atomic mass is 9.91. The quantitative estimate of drug-likeness (QED) is 0.802. The van der Waals surface area contributed by atoms with E-state index in [9.17, 15) is 22.8 Å². The predicted octanol–water partition coefficient (Wildman–Crippen LogP) is 0.850. The number of carboxylic acid groups (broad SMARTS) is 1. The summed E-state index contributed by atoms with van der Waals surface area (Å²) in [6, 6.07) is -0.524. The third-order valence-electron chi connectivity index (χ3n) is 3.04. The highest BCUT2D eigenvalue weighted by molar-refractivity contribution is 5.73. The van der Waals surface area contributed by atoms with Gasteiger partial charge in [0.15, 0.2) is 0 Å². The van der Waals surface area contributed by atoms with Crippen molar-refractivity contribution in [2.24, 2.45) is 5.92 Å². The van der Waals surface area contributed by atoms with Gasteiger partial charge in [-0.25, -0.2) is 0 Å². The summed E-state index contributed by atoms with van der Waals surface area (Å²) in [7, 11) is 0. The normalized spacial score (nSPS) is 24.3. The summed E-state index contributed by atoms with van der Waals surface area (Å²) in [5.74, 6) is -1.58. The van der Waals surface area contributed by atoms with E-state index >= 15 is 0 Å². The van der Waals surface area contributed by atoms with Crippen LogP contribution in [-0.2, 0) is 9.59 Å². The van der Waals surface area contributed by atoms with Crippen LogP contribution in [0.3, 0.4) is 0 Å². The number of nitrogens with zero attached hydrogens (tertiary/aromatic N) is 1. The van der Waals surface area contributed by atoms with Crippen LogP contribution < -0.4 is 5.32 Å². The molecule has 1 heterocycles. The van der Waals surface area contributed by atoms with Crippen LogP contribution >= 0.6 is 0 Å². The topological polar surface area (TPSA) is 69.6 Å². The van der Waals surface area contributed by atoms with Crippen molar-refractivity contribution < 1.29 is 27.9 Å². The summed E-state index contributed by atoms with van der Waals surface area (Å²) < 4.78 is 36.4. The van der Waals surface area contributed by atoms with Gasteiger partial charge in [-0.05, 0) is 12.3 Å². The fraction of sp³-hybridized carbons (Fsp3) is 0.818. The average Bonchev–Trinajstić information content (AvgIpc) is 2.24. The smallest absolute Gasteiger partial charge is 0.401 e. The Balaban J connectivity index is 2.59. The molecule has 0 spiro atoms. The van der Waals surface area contributed by atoms with Gasteiger partial charge >= 0.3 is 12.1 Å². The first-order valence-corrected chi connectivity index (χ1v) is 5.95. The van der Waals surface area contributed by atoms with Crippen molar-refractivity contribution >= 4 is 11.9 Å². The molecular formula is C11H17F3N2O3. The van der Waals surface area contributed by atoms with Gasteiger partial charge in [0.2, 0.25) is 5.91 Å². The van der Waals surface area contributed by atoms with Gasteiger partial charge < -0.3 is 15.3 Å². The number of carbonyl (C=O) groups excluding carboxylic acids is 1. The lowest BCUT2D eigenvalue weighted by molar-refractivity contribution is -0.141. The minimum Gasteiger partial charge on any atom is -0.481 e. The molecule has 1 aliphatic rings. The second-order valence-electron chi connectivity index (χ2n) is 4.82. The summed E-state index contributed by atoms with van der Waals surface area (Å²) in [6.07, 6.45) is -4.14. The van der Waals surface area contributed by atoms with Gasteiger partial charge in [0, 0.05) is 32.5 Å². The maximum Gasteiger partial charge on any atom is 0.401 e. The maximum atomic E-state index is 12.1. The summed E-state index contributed by atoms with van der Waals surface area (Å²) in [5.41, 5.74) is 0. The molecule has 110 valence electrons. The highest BCUT2D eigenvalue weighted by Crippen LogP contribution is 2.21. The van der Waals surface area contributed by atoms with Crippen LogP contribution in [0, 0.1) is 5.92 Å². The lowest BCUT2D eigenvalue weighted by Crippen LogP contribution is -2.52. The second kappa shape index (κ2) is 6.23. The number of alkyl halides is 3. The third-order valence-corrected chi connectivity index (χ3v) is 3.04. The highest BCUT2D eigenvalue weighted by Gasteiger charge is 2.33. The lowest BCUT2D eigenvalue weighted by Gasteiger charge is -2.37. The Kier molecular flexibility index (Phi) is 5.16. The van der Waals surface area contributed by atoms with Gasteiger partial charge in [-0.3, -0.25) is 9.59 Å². The zero-order valence-electron chi connectivity index (χ0n) is 10.5. The zero-order valence-corrected chi connectivity index (χ0v) is 10.5. The van der Waals surface area contributed by atoms with Gasteiger partial charge in [0.05, 0.1) is 6.54 Å². The van der Waals surface area contributed by atoms with E-state index in [0.717, 1.165) is 0 Å². The first kappa shape index (κ1) is 15.7. The Bertz CT molecular complexity index is 347. The number of halogens is 3. The molecule has 5 nitrogen and oxygen atoms in total. The van der Waals surface area contributed by atoms with E-state index in [2.05, 4.69) is 5.32 Å². The van der Waals surface area contributed by atoms with Crippen molar-refractivity contribution in [3.63, 3.8) is 0 Å². The van der Waals surface area contributed by atoms with Crippen LogP contribution in [-0.4, -0.2) is 53.7 Å². The van der Waals surface area contributed by atoms with Crippen molar-refractivity contribution in [1.29, 1.82) is 0 Å². The molecule has 2 atom stereocenters. The molecule has 2 N–H and O–H groups in total. The first-order valence-electron chi connectivity index (χ1n) is 5.95. The second-order valence-corrected chi connectivity index (χ2v) is 4.82. The van der Waals surface area contributed by atoms with E-state index in [1.165, 1.54) is 11.8 Å². The number of hydrogen-bond donors (Lipinski definition) is 2. The summed E-state index contributed by atoms with van der Waals surface area (Å²) >= 11 is 0. The Morgan fingerprint density at radius 3 is 2.47 bits per heavy atom. The van der Waals surface area contributed by atoms with Crippen LogP contribution in [0.2, 0.25) is 0 Å². The van der Waals surface area contributed by atoms with E-state index in [0.29, 0.717) is 6.42 Å². The minimum absolute atomic E-state index is 0.145. The SMILES string of the molecule is CC(=O)N1CC(CC(=O)O)CC(NCC(F)(F)F)C1. The fourth-order valence-corrected chi connectivity index (χ4v) is 2.26. The van der Waals surface area contributed by atoms with E-state index in [1.54, 1.807) is 0 Å². The van der Waals surface area contributed by atoms with E-state index in [1.807, 2.05) is 0 Å². The maximum absolute atomic E-state index is 12.1. The molecule has 8 heteroatoms. The standard InChI is InChI=1S/C11H17F3N2O3/c1-7(17)16-4-8(3-10(18)19)2-9(5-16)15-6-11(12,13)14/h8-9,15H,2-6H2,1H3,(H,18,19). The third kappa shape index (κ3) is 5.91. The zero-order chi connectivity index (χ0) is 14.6. The van der Waals surface area contributed by atoms with Crippen molar-refractivity contribution in [3.8, 4) is 0 Å². The van der Waals surface area contributed by atoms with Gasteiger partial charge in [-0.1, -0.05) is 0 Å². The summed E-state index contributed by atoms with van der Waals surface area (Å²) in [5, 5.41) is 11.1. The molecule has 0 aliphatic carbocycles. The number of rotatable bonds is 4. The van der Waals surface area contributed by atoms with Gasteiger partial charge in [-0.2, -0.15) is 13.2 Å². The molecule has 0 aromatic rings. The fourth-order valence-electron chi connectivity index (χ4n) is 2.26. The van der Waals surface area contributed by atoms with E-state index in [-0.39, 0.29) is 31.3 Å². The molecule has 1 saturated heterocycles. The molecular weight excluding hydrogens is 265 g/mol. The molecule has 2 unspecified atom stereocenters. The van der Waals surface area contributed by atoms with Gasteiger partial charge in [0.25, 0.3) is 0 Å². The number of piperidine rings is 1. The van der Waals surface area contributed by atoms with Crippen molar-refractivity contribution in [2.75, 3.05) is 19.6 Å². The summed E-state index contributed by atoms with van der Waals surface area (Å²) in [6.45, 7) is 0.653. The van der Waals surface area contributed by atoms with Crippen LogP contribution in [0.5, 0.6) is 0 Å². The Morgan fingerprint density at radius 1 is 1.37 bits per heavy atom. The van der Waals surface area contributed by atoms with Crippen LogP contribution in [0.25, 0.3) is 0 Å². The van der Waals surface area contributed by atoms with Crippen molar-refractivity contribution in [2.45, 2.75) is 32.0 Å². The molecule has 0 radical (unpaired) electrons. The number of nitrogens with one attached hydrogen (secondary N) is 1. The number of hydrogen-bond acceptors (Lipinski definition) is 3. The van der Waals surface area contributed by atoms with Crippen molar-refractivity contribution in [3.05, 3.63) is 0 Å². The molecule has 19 heavy (non-hydrogen) atoms. The number of likely N-dealkylation sites (tertiary alicyclic amines) is 1. The number of carbonyl (C=O) groups is 2. The Hall–Kier alpha value is -1.31. The number of carboxylic acids is 1. The number of aliphatic carboxylic acids is 1. The highest BCUT2D eigenvalue weighted by atomic mass is 19.4. The molecule has 1 rings (SSSR count). The van der Waals surface area contributed by atoms with E-state index in [4.69, 9.17) is 5.11 Å². The van der Waals surface area contributed by atoms with E-state index < -0.39 is 24.7 Å². The van der Waals surface area contributed by atoms with Crippen LogP contribution in [0.1, 0.15) is 19.8 Å². The van der Waals surface area contributed by atoms with Crippen molar-refractivity contribution in [1.82, 2.24) is 10.2 Å². The summed E-state index contributed by atoms with van der Waals surface area (Å²) in [4.78, 5) is 23.4. The molecule has 0 saturated carbocycles. The minimum atomic E-state index is -4.32. The molecule has 0 aromatic heterocycles. The Labute approximate surface area is 108 Å². The van der Waals surface area contributed by atoms with Crippen LogP contribution in [0.4, 0.5) is 13.2 Å². The molecule has 1 fully saturated rings. The largest absolute Gasteiger partial charge is 0.481 e. The average molecular weight is 282 g/mol. The molecule has 1 amide bonds. The monoisotopic (exact) mass is 282 g/mol. The molecule has 1 aliphatic heterocycles. The van der Waals surface area contributed by atoms with Crippen LogP contribution in [0.15, 0.2) is 0 Å². The predicted molar refractivity (Wildman–Crippen MR) is 60.5 cm³/mol. The van der Waals surface area contributed by atoms with Gasteiger partial charge in [-0.15, -0.1) is 0 Å².